The van der Waals surface area contributed by atoms with Crippen LogP contribution < -0.4 is 4.74 Å². The van der Waals surface area contributed by atoms with E-state index in [4.69, 9.17) is 37.4 Å². The summed E-state index contributed by atoms with van der Waals surface area (Å²) >= 11 is 12.0. The first kappa shape index (κ1) is 25.0. The van der Waals surface area contributed by atoms with Gasteiger partial charge in [0.15, 0.2) is 5.69 Å². The van der Waals surface area contributed by atoms with E-state index < -0.39 is 17.9 Å². The maximum absolute atomic E-state index is 12.8. The molecule has 0 saturated heterocycles. The Bertz CT molecular complexity index is 1470. The molecule has 0 N–H and O–H groups in total. The number of carbonyl (C=O) groups excluding carboxylic acids is 3. The molecule has 0 aliphatic heterocycles. The van der Waals surface area contributed by atoms with Crippen molar-refractivity contribution in [1.29, 1.82) is 0 Å². The van der Waals surface area contributed by atoms with Gasteiger partial charge in [-0.15, -0.1) is 0 Å². The molecule has 36 heavy (non-hydrogen) atoms. The molecule has 10 heteroatoms. The molecule has 0 spiro atoms. The van der Waals surface area contributed by atoms with Crippen LogP contribution >= 0.6 is 23.2 Å². The number of methoxy groups -OCH3 is 2. The van der Waals surface area contributed by atoms with Crippen molar-refractivity contribution in [2.24, 2.45) is 0 Å². The Morgan fingerprint density at radius 1 is 0.806 bits per heavy atom. The van der Waals surface area contributed by atoms with Gasteiger partial charge in [-0.2, -0.15) is 5.10 Å². The maximum atomic E-state index is 12.8. The van der Waals surface area contributed by atoms with Gasteiger partial charge in [-0.25, -0.2) is 19.1 Å². The molecule has 4 aromatic rings. The third-order valence-electron chi connectivity index (χ3n) is 5.12. The van der Waals surface area contributed by atoms with E-state index in [0.717, 1.165) is 0 Å². The Hall–Kier alpha value is -4.14. The topological polar surface area (TPSA) is 96.7 Å². The molecule has 0 amide bonds. The molecule has 0 atom stereocenters. The van der Waals surface area contributed by atoms with Crippen LogP contribution in [0.15, 0.2) is 72.8 Å². The van der Waals surface area contributed by atoms with Crippen LogP contribution in [0.25, 0.3) is 16.9 Å². The Morgan fingerprint density at radius 2 is 1.53 bits per heavy atom. The number of carbonyl (C=O) groups is 3. The van der Waals surface area contributed by atoms with E-state index in [1.54, 1.807) is 48.5 Å². The maximum Gasteiger partial charge on any atom is 0.357 e. The van der Waals surface area contributed by atoms with Gasteiger partial charge in [0.05, 0.1) is 30.5 Å². The highest BCUT2D eigenvalue weighted by molar-refractivity contribution is 6.36. The van der Waals surface area contributed by atoms with Crippen LogP contribution in [0.2, 0.25) is 10.0 Å². The van der Waals surface area contributed by atoms with Crippen LogP contribution in [0.5, 0.6) is 5.75 Å². The van der Waals surface area contributed by atoms with Gasteiger partial charge in [0.25, 0.3) is 0 Å². The lowest BCUT2D eigenvalue weighted by Gasteiger charge is -2.08. The molecule has 3 aromatic carbocycles. The number of hydrogen-bond donors (Lipinski definition) is 0. The quantitative estimate of drug-likeness (QED) is 0.238. The average molecular weight is 525 g/mol. The smallest absolute Gasteiger partial charge is 0.357 e. The van der Waals surface area contributed by atoms with Crippen molar-refractivity contribution in [3.63, 3.8) is 0 Å². The highest BCUT2D eigenvalue weighted by Crippen LogP contribution is 2.31. The van der Waals surface area contributed by atoms with E-state index in [0.29, 0.717) is 16.3 Å². The van der Waals surface area contributed by atoms with Crippen molar-refractivity contribution in [2.75, 3.05) is 14.2 Å². The van der Waals surface area contributed by atoms with Gasteiger partial charge in [0, 0.05) is 10.6 Å². The number of hydrogen-bond acceptors (Lipinski definition) is 7. The van der Waals surface area contributed by atoms with Gasteiger partial charge >= 0.3 is 17.9 Å². The normalized spacial score (nSPS) is 10.6. The minimum atomic E-state index is -0.789. The second-order valence-electron chi connectivity index (χ2n) is 7.34. The molecule has 0 bridgehead atoms. The second kappa shape index (κ2) is 10.6. The molecule has 0 aliphatic carbocycles. The largest absolute Gasteiger partial charge is 0.465 e. The number of nitrogens with zero attached hydrogens (tertiary/aromatic N) is 2. The average Bonchev–Trinajstić information content (AvgIpc) is 3.29. The Labute approximate surface area is 215 Å². The fraction of sp³-hybridized carbons (Fsp3) is 0.0769. The van der Waals surface area contributed by atoms with Crippen LogP contribution in [-0.4, -0.2) is 41.9 Å². The van der Waals surface area contributed by atoms with Crippen molar-refractivity contribution in [3.8, 4) is 22.7 Å². The number of rotatable bonds is 6. The summed E-state index contributed by atoms with van der Waals surface area (Å²) in [5.41, 5.74) is 0.965. The lowest BCUT2D eigenvalue weighted by atomic mass is 10.1. The molecule has 182 valence electrons. The van der Waals surface area contributed by atoms with Gasteiger partial charge in [-0.1, -0.05) is 53.5 Å². The van der Waals surface area contributed by atoms with Crippen molar-refractivity contribution in [2.45, 2.75) is 0 Å². The van der Waals surface area contributed by atoms with Crippen molar-refractivity contribution in [1.82, 2.24) is 9.78 Å². The fourth-order valence-corrected chi connectivity index (χ4v) is 3.97. The molecule has 0 aliphatic rings. The fourth-order valence-electron chi connectivity index (χ4n) is 3.48. The first-order valence-corrected chi connectivity index (χ1v) is 11.2. The highest BCUT2D eigenvalue weighted by Gasteiger charge is 2.31. The van der Waals surface area contributed by atoms with E-state index in [9.17, 15) is 14.4 Å². The third-order valence-corrected chi connectivity index (χ3v) is 5.67. The van der Waals surface area contributed by atoms with Crippen molar-refractivity contribution >= 4 is 41.1 Å². The van der Waals surface area contributed by atoms with Crippen molar-refractivity contribution < 1.29 is 28.6 Å². The van der Waals surface area contributed by atoms with Crippen LogP contribution in [0.1, 0.15) is 31.2 Å². The molecule has 0 saturated carbocycles. The lowest BCUT2D eigenvalue weighted by molar-refractivity contribution is 0.0549. The molecule has 1 aromatic heterocycles. The molecular formula is C26H18Cl2N2O6. The van der Waals surface area contributed by atoms with E-state index in [1.807, 2.05) is 0 Å². The molecule has 4 rings (SSSR count). The summed E-state index contributed by atoms with van der Waals surface area (Å²) in [6, 6.07) is 19.5. The summed E-state index contributed by atoms with van der Waals surface area (Å²) in [6.45, 7) is 0. The number of esters is 3. The summed E-state index contributed by atoms with van der Waals surface area (Å²) in [7, 11) is 2.40. The number of ether oxygens (including phenoxy) is 3. The van der Waals surface area contributed by atoms with Crippen LogP contribution in [0, 0.1) is 0 Å². The predicted molar refractivity (Wildman–Crippen MR) is 133 cm³/mol. The minimum absolute atomic E-state index is 0.0996. The van der Waals surface area contributed by atoms with Crippen LogP contribution in [-0.2, 0) is 9.47 Å². The highest BCUT2D eigenvalue weighted by atomic mass is 35.5. The first-order chi connectivity index (χ1) is 17.3. The molecule has 8 nitrogen and oxygen atoms in total. The van der Waals surface area contributed by atoms with E-state index in [2.05, 4.69) is 5.10 Å². The zero-order valence-electron chi connectivity index (χ0n) is 19.0. The third kappa shape index (κ3) is 4.95. The lowest BCUT2D eigenvalue weighted by Crippen LogP contribution is -2.15. The van der Waals surface area contributed by atoms with E-state index in [-0.39, 0.29) is 33.3 Å². The molecule has 0 unspecified atom stereocenters. The van der Waals surface area contributed by atoms with Crippen molar-refractivity contribution in [3.05, 3.63) is 99.7 Å². The number of para-hydroxylation sites is 1. The predicted octanol–water partition coefficient (Wildman–Crippen LogP) is 5.64. The Balaban J connectivity index is 1.82. The second-order valence-corrected chi connectivity index (χ2v) is 8.19. The van der Waals surface area contributed by atoms with E-state index in [1.165, 1.54) is 43.2 Å². The number of benzene rings is 3. The first-order valence-electron chi connectivity index (χ1n) is 10.5. The standard InChI is InChI=1S/C26H18Cl2N2O6/c1-34-25(32)21-22(29-30(23(21)26(33)35-2)17-8-4-3-5-9-17)15-7-6-10-18(13-15)36-24(31)19-12-11-16(27)14-20(19)28/h3-14H,1-2H3. The summed E-state index contributed by atoms with van der Waals surface area (Å²) in [5.74, 6) is -2.11. The number of halogens is 2. The molecule has 0 fully saturated rings. The van der Waals surface area contributed by atoms with Gasteiger partial charge in [0.1, 0.15) is 17.0 Å². The van der Waals surface area contributed by atoms with E-state index >= 15 is 0 Å². The minimum Gasteiger partial charge on any atom is -0.465 e. The van der Waals surface area contributed by atoms with Crippen LogP contribution in [0.3, 0.4) is 0 Å². The SMILES string of the molecule is COC(=O)c1c(-c2cccc(OC(=O)c3ccc(Cl)cc3Cl)c2)nn(-c2ccccc2)c1C(=O)OC. The molecule has 0 radical (unpaired) electrons. The van der Waals surface area contributed by atoms with Gasteiger partial charge < -0.3 is 14.2 Å². The zero-order chi connectivity index (χ0) is 25.8. The monoisotopic (exact) mass is 524 g/mol. The summed E-state index contributed by atoms with van der Waals surface area (Å²) in [6.07, 6.45) is 0. The van der Waals surface area contributed by atoms with Crippen LogP contribution in [0.4, 0.5) is 0 Å². The Morgan fingerprint density at radius 3 is 2.19 bits per heavy atom. The summed E-state index contributed by atoms with van der Waals surface area (Å²) in [4.78, 5) is 38.2. The molecular weight excluding hydrogens is 507 g/mol. The zero-order valence-corrected chi connectivity index (χ0v) is 20.5. The van der Waals surface area contributed by atoms with Gasteiger partial charge in [0.2, 0.25) is 0 Å². The number of aromatic nitrogens is 2. The Kier molecular flexibility index (Phi) is 7.38. The molecule has 1 heterocycles. The van der Waals surface area contributed by atoms with Gasteiger partial charge in [-0.3, -0.25) is 0 Å². The summed E-state index contributed by atoms with van der Waals surface area (Å²) in [5, 5.41) is 5.05. The summed E-state index contributed by atoms with van der Waals surface area (Å²) < 4.78 is 16.7. The van der Waals surface area contributed by atoms with Gasteiger partial charge in [-0.05, 0) is 42.5 Å².